The first kappa shape index (κ1) is 15.2. The minimum Gasteiger partial charge on any atom is -0.325 e. The first-order chi connectivity index (χ1) is 10.5. The maximum atomic E-state index is 13.7. The Labute approximate surface area is 126 Å². The van der Waals surface area contributed by atoms with Gasteiger partial charge < -0.3 is 5.73 Å². The van der Waals surface area contributed by atoms with Crippen molar-refractivity contribution >= 4 is 10.9 Å². The predicted octanol–water partition coefficient (Wildman–Crippen LogP) is 2.43. The fraction of sp³-hybridized carbons (Fsp3) is 0.438. The monoisotopic (exact) mass is 309 g/mol. The van der Waals surface area contributed by atoms with E-state index in [-0.39, 0.29) is 11.6 Å². The molecule has 0 unspecified atom stereocenters. The van der Waals surface area contributed by atoms with Crippen molar-refractivity contribution in [3.05, 3.63) is 41.6 Å². The van der Waals surface area contributed by atoms with Crippen molar-refractivity contribution in [2.45, 2.75) is 25.1 Å². The Hall–Kier alpha value is -1.66. The van der Waals surface area contributed by atoms with E-state index in [1.165, 1.54) is 12.3 Å². The first-order valence-electron chi connectivity index (χ1n) is 7.39. The van der Waals surface area contributed by atoms with Crippen molar-refractivity contribution < 1.29 is 13.2 Å². The molecule has 1 fully saturated rings. The molecule has 0 spiro atoms. The van der Waals surface area contributed by atoms with Crippen LogP contribution in [0.2, 0.25) is 0 Å². The highest BCUT2D eigenvalue weighted by molar-refractivity contribution is 5.82. The molecule has 1 saturated heterocycles. The maximum Gasteiger partial charge on any atom is 0.152 e. The largest absolute Gasteiger partial charge is 0.325 e. The van der Waals surface area contributed by atoms with Gasteiger partial charge in [-0.05, 0) is 37.1 Å². The van der Waals surface area contributed by atoms with Crippen molar-refractivity contribution in [1.29, 1.82) is 0 Å². The smallest absolute Gasteiger partial charge is 0.152 e. The summed E-state index contributed by atoms with van der Waals surface area (Å²) in [5.74, 6) is -1.28. The number of benzene rings is 1. The van der Waals surface area contributed by atoms with Crippen molar-refractivity contribution in [2.24, 2.45) is 5.73 Å². The van der Waals surface area contributed by atoms with Crippen molar-refractivity contribution in [3.63, 3.8) is 0 Å². The zero-order valence-electron chi connectivity index (χ0n) is 12.1. The Morgan fingerprint density at radius 3 is 2.91 bits per heavy atom. The molecule has 2 heterocycles. The molecule has 3 nitrogen and oxygen atoms in total. The quantitative estimate of drug-likeness (QED) is 0.947. The van der Waals surface area contributed by atoms with Crippen LogP contribution in [-0.4, -0.2) is 41.7 Å². The van der Waals surface area contributed by atoms with Crippen LogP contribution in [0.5, 0.6) is 0 Å². The molecule has 0 aliphatic carbocycles. The summed E-state index contributed by atoms with van der Waals surface area (Å²) in [5.41, 5.74) is 6.65. The highest BCUT2D eigenvalue weighted by atomic mass is 19.1. The SMILES string of the molecule is N[C@@H]1CCN(CCc2ccnc3c(F)cc(F)cc23)C[C@@H]1F. The number of hydrogen-bond donors (Lipinski definition) is 1. The molecule has 0 amide bonds. The lowest BCUT2D eigenvalue weighted by molar-refractivity contribution is 0.121. The molecule has 22 heavy (non-hydrogen) atoms. The minimum atomic E-state index is -1.02. The molecule has 1 aliphatic heterocycles. The molecular formula is C16H18F3N3. The van der Waals surface area contributed by atoms with Crippen LogP contribution in [0, 0.1) is 11.6 Å². The highest BCUT2D eigenvalue weighted by Gasteiger charge is 2.25. The van der Waals surface area contributed by atoms with E-state index >= 15 is 0 Å². The van der Waals surface area contributed by atoms with E-state index in [9.17, 15) is 13.2 Å². The highest BCUT2D eigenvalue weighted by Crippen LogP contribution is 2.22. The van der Waals surface area contributed by atoms with Crippen LogP contribution in [0.4, 0.5) is 13.2 Å². The number of nitrogens with two attached hydrogens (primary N) is 1. The van der Waals surface area contributed by atoms with Crippen LogP contribution in [0.25, 0.3) is 10.9 Å². The number of fused-ring (bicyclic) bond motifs is 1. The summed E-state index contributed by atoms with van der Waals surface area (Å²) < 4.78 is 40.8. The maximum absolute atomic E-state index is 13.7. The van der Waals surface area contributed by atoms with Gasteiger partial charge in [0.1, 0.15) is 17.5 Å². The van der Waals surface area contributed by atoms with E-state index in [1.807, 2.05) is 4.90 Å². The third-order valence-corrected chi connectivity index (χ3v) is 4.23. The van der Waals surface area contributed by atoms with Gasteiger partial charge in [-0.15, -0.1) is 0 Å². The number of alkyl halides is 1. The molecule has 2 aromatic rings. The van der Waals surface area contributed by atoms with Crippen LogP contribution in [0.1, 0.15) is 12.0 Å². The van der Waals surface area contributed by atoms with E-state index in [4.69, 9.17) is 5.73 Å². The summed E-state index contributed by atoms with van der Waals surface area (Å²) >= 11 is 0. The van der Waals surface area contributed by atoms with Gasteiger partial charge in [-0.25, -0.2) is 13.2 Å². The molecule has 0 radical (unpaired) electrons. The van der Waals surface area contributed by atoms with E-state index < -0.39 is 17.8 Å². The summed E-state index contributed by atoms with van der Waals surface area (Å²) in [7, 11) is 0. The van der Waals surface area contributed by atoms with Crippen molar-refractivity contribution in [1.82, 2.24) is 9.88 Å². The second-order valence-electron chi connectivity index (χ2n) is 5.77. The summed E-state index contributed by atoms with van der Waals surface area (Å²) in [6.07, 6.45) is 1.71. The number of piperidine rings is 1. The second-order valence-corrected chi connectivity index (χ2v) is 5.77. The summed E-state index contributed by atoms with van der Waals surface area (Å²) in [5, 5.41) is 0.477. The lowest BCUT2D eigenvalue weighted by Crippen LogP contribution is -2.48. The van der Waals surface area contributed by atoms with Gasteiger partial charge >= 0.3 is 0 Å². The number of hydrogen-bond acceptors (Lipinski definition) is 3. The lowest BCUT2D eigenvalue weighted by atomic mass is 10.0. The van der Waals surface area contributed by atoms with Gasteiger partial charge in [0.15, 0.2) is 5.82 Å². The van der Waals surface area contributed by atoms with Crippen molar-refractivity contribution in [3.8, 4) is 0 Å². The third-order valence-electron chi connectivity index (χ3n) is 4.23. The topological polar surface area (TPSA) is 42.1 Å². The summed E-state index contributed by atoms with van der Waals surface area (Å²) in [6, 6.07) is 3.49. The molecule has 1 aromatic heterocycles. The fourth-order valence-electron chi connectivity index (χ4n) is 2.92. The van der Waals surface area contributed by atoms with Crippen LogP contribution < -0.4 is 5.73 Å². The number of aromatic nitrogens is 1. The fourth-order valence-corrected chi connectivity index (χ4v) is 2.92. The van der Waals surface area contributed by atoms with Gasteiger partial charge in [0.25, 0.3) is 0 Å². The zero-order valence-corrected chi connectivity index (χ0v) is 12.1. The van der Waals surface area contributed by atoms with E-state index in [2.05, 4.69) is 4.98 Å². The average Bonchev–Trinajstić information content (AvgIpc) is 2.48. The van der Waals surface area contributed by atoms with Gasteiger partial charge in [0.05, 0.1) is 0 Å². The molecule has 2 atom stereocenters. The number of halogens is 3. The zero-order chi connectivity index (χ0) is 15.7. The molecule has 0 bridgehead atoms. The van der Waals surface area contributed by atoms with E-state index in [0.717, 1.165) is 18.2 Å². The average molecular weight is 309 g/mol. The Morgan fingerprint density at radius 2 is 2.14 bits per heavy atom. The number of rotatable bonds is 3. The lowest BCUT2D eigenvalue weighted by Gasteiger charge is -2.32. The summed E-state index contributed by atoms with van der Waals surface area (Å²) in [4.78, 5) is 5.96. The summed E-state index contributed by atoms with van der Waals surface area (Å²) in [6.45, 7) is 1.69. The second kappa shape index (κ2) is 6.22. The number of pyridine rings is 1. The normalized spacial score (nSPS) is 23.1. The van der Waals surface area contributed by atoms with Crippen LogP contribution >= 0.6 is 0 Å². The Morgan fingerprint density at radius 1 is 1.32 bits per heavy atom. The van der Waals surface area contributed by atoms with Gasteiger partial charge in [-0.3, -0.25) is 9.88 Å². The van der Waals surface area contributed by atoms with Gasteiger partial charge in [-0.1, -0.05) is 0 Å². The molecule has 6 heteroatoms. The molecule has 118 valence electrons. The first-order valence-corrected chi connectivity index (χ1v) is 7.39. The van der Waals surface area contributed by atoms with Crippen LogP contribution in [0.3, 0.4) is 0 Å². The minimum absolute atomic E-state index is 0.169. The van der Waals surface area contributed by atoms with Gasteiger partial charge in [0, 0.05) is 36.8 Å². The van der Waals surface area contributed by atoms with Gasteiger partial charge in [-0.2, -0.15) is 0 Å². The number of nitrogens with zero attached hydrogens (tertiary/aromatic N) is 2. The van der Waals surface area contributed by atoms with E-state index in [1.54, 1.807) is 6.07 Å². The Balaban J connectivity index is 1.77. The van der Waals surface area contributed by atoms with Crippen LogP contribution in [-0.2, 0) is 6.42 Å². The molecule has 1 aliphatic rings. The third kappa shape index (κ3) is 3.08. The molecule has 3 rings (SSSR count). The molecule has 2 N–H and O–H groups in total. The standard InChI is InChI=1S/C16H18F3N3/c17-11-7-12-10(1-4-21-16(12)13(18)8-11)2-5-22-6-3-15(20)14(19)9-22/h1,4,7-8,14-15H,2-3,5-6,9,20H2/t14-,15+/m0/s1. The van der Waals surface area contributed by atoms with Crippen LogP contribution in [0.15, 0.2) is 24.4 Å². The number of likely N-dealkylation sites (tertiary alicyclic amines) is 1. The van der Waals surface area contributed by atoms with Gasteiger partial charge in [0.2, 0.25) is 0 Å². The molecular weight excluding hydrogens is 291 g/mol. The van der Waals surface area contributed by atoms with Crippen molar-refractivity contribution in [2.75, 3.05) is 19.6 Å². The predicted molar refractivity (Wildman–Crippen MR) is 79.3 cm³/mol. The molecule has 1 aromatic carbocycles. The molecule has 0 saturated carbocycles. The Bertz CT molecular complexity index is 677. The van der Waals surface area contributed by atoms with E-state index in [0.29, 0.717) is 31.3 Å². The Kier molecular flexibility index (Phi) is 4.31.